The number of hydrogen-bond donors (Lipinski definition) is 0. The first-order chi connectivity index (χ1) is 6.27. The van der Waals surface area contributed by atoms with E-state index in [1.54, 1.807) is 0 Å². The summed E-state index contributed by atoms with van der Waals surface area (Å²) in [5, 5.41) is 0. The zero-order valence-corrected chi connectivity index (χ0v) is 10.9. The van der Waals surface area contributed by atoms with Gasteiger partial charge in [0.05, 0.1) is 13.2 Å². The van der Waals surface area contributed by atoms with Crippen LogP contribution in [0.3, 0.4) is 0 Å². The molecule has 0 unspecified atom stereocenters. The van der Waals surface area contributed by atoms with E-state index in [1.165, 1.54) is 19.3 Å². The van der Waals surface area contributed by atoms with E-state index in [4.69, 9.17) is 4.74 Å². The maximum Gasteiger partial charge on any atom is 0.0517 e. The van der Waals surface area contributed by atoms with E-state index in [1.807, 2.05) is 0 Å². The lowest BCUT2D eigenvalue weighted by molar-refractivity contribution is 0.0174. The van der Waals surface area contributed by atoms with Gasteiger partial charge in [0.25, 0.3) is 0 Å². The third kappa shape index (κ3) is 8.55. The summed E-state index contributed by atoms with van der Waals surface area (Å²) in [6.07, 6.45) is 3.86. The molecule has 0 rings (SSSR count). The minimum Gasteiger partial charge on any atom is -0.380 e. The van der Waals surface area contributed by atoms with Crippen molar-refractivity contribution in [3.05, 3.63) is 0 Å². The standard InChI is InChI=1S/C13H28O/c1-7-8-9-13(5,6)11-14-10-12(2,3)4/h7-11H2,1-6H3. The summed E-state index contributed by atoms with van der Waals surface area (Å²) < 4.78 is 5.76. The molecule has 0 aromatic heterocycles. The lowest BCUT2D eigenvalue weighted by Gasteiger charge is -2.27. The number of rotatable bonds is 6. The van der Waals surface area contributed by atoms with Gasteiger partial charge in [0.1, 0.15) is 0 Å². The summed E-state index contributed by atoms with van der Waals surface area (Å²) in [6.45, 7) is 15.2. The highest BCUT2D eigenvalue weighted by molar-refractivity contribution is 4.68. The van der Waals surface area contributed by atoms with Gasteiger partial charge >= 0.3 is 0 Å². The Morgan fingerprint density at radius 3 is 1.93 bits per heavy atom. The lowest BCUT2D eigenvalue weighted by Crippen LogP contribution is -2.23. The van der Waals surface area contributed by atoms with Crippen molar-refractivity contribution in [1.29, 1.82) is 0 Å². The van der Waals surface area contributed by atoms with E-state index in [-0.39, 0.29) is 0 Å². The van der Waals surface area contributed by atoms with Gasteiger partial charge in [-0.2, -0.15) is 0 Å². The molecule has 0 amide bonds. The highest BCUT2D eigenvalue weighted by atomic mass is 16.5. The van der Waals surface area contributed by atoms with Crippen molar-refractivity contribution < 1.29 is 4.74 Å². The smallest absolute Gasteiger partial charge is 0.0517 e. The summed E-state index contributed by atoms with van der Waals surface area (Å²) in [6, 6.07) is 0. The third-order valence-corrected chi connectivity index (χ3v) is 2.23. The molecule has 0 aromatic carbocycles. The van der Waals surface area contributed by atoms with Gasteiger partial charge in [-0.15, -0.1) is 0 Å². The second-order valence-corrected chi connectivity index (χ2v) is 6.32. The molecule has 1 heteroatoms. The first kappa shape index (κ1) is 14.0. The molecule has 0 bridgehead atoms. The average molecular weight is 200 g/mol. The Morgan fingerprint density at radius 2 is 1.50 bits per heavy atom. The van der Waals surface area contributed by atoms with Gasteiger partial charge < -0.3 is 4.74 Å². The minimum absolute atomic E-state index is 0.292. The van der Waals surface area contributed by atoms with E-state index in [0.29, 0.717) is 10.8 Å². The summed E-state index contributed by atoms with van der Waals surface area (Å²) >= 11 is 0. The zero-order valence-electron chi connectivity index (χ0n) is 10.9. The molecule has 0 saturated heterocycles. The quantitative estimate of drug-likeness (QED) is 0.622. The molecule has 0 aromatic rings. The van der Waals surface area contributed by atoms with Gasteiger partial charge in [0, 0.05) is 0 Å². The maximum atomic E-state index is 5.76. The molecule has 0 aliphatic carbocycles. The van der Waals surface area contributed by atoms with Gasteiger partial charge in [-0.25, -0.2) is 0 Å². The van der Waals surface area contributed by atoms with Crippen LogP contribution in [0.2, 0.25) is 0 Å². The fraction of sp³-hybridized carbons (Fsp3) is 1.00. The Labute approximate surface area is 90.2 Å². The van der Waals surface area contributed by atoms with E-state index in [2.05, 4.69) is 41.5 Å². The van der Waals surface area contributed by atoms with Crippen molar-refractivity contribution in [1.82, 2.24) is 0 Å². The second kappa shape index (κ2) is 5.75. The molecule has 0 aliphatic heterocycles. The van der Waals surface area contributed by atoms with Gasteiger partial charge in [0.15, 0.2) is 0 Å². The predicted molar refractivity (Wildman–Crippen MR) is 63.6 cm³/mol. The molecule has 14 heavy (non-hydrogen) atoms. The predicted octanol–water partition coefficient (Wildman–Crippen LogP) is 4.27. The summed E-state index contributed by atoms with van der Waals surface area (Å²) in [7, 11) is 0. The number of unbranched alkanes of at least 4 members (excludes halogenated alkanes) is 1. The Hall–Kier alpha value is -0.0400. The molecule has 1 nitrogen and oxygen atoms in total. The molecule has 0 N–H and O–H groups in total. The summed E-state index contributed by atoms with van der Waals surface area (Å²) in [4.78, 5) is 0. The maximum absolute atomic E-state index is 5.76. The van der Waals surface area contributed by atoms with E-state index in [0.717, 1.165) is 13.2 Å². The molecule has 0 saturated carbocycles. The summed E-state index contributed by atoms with van der Waals surface area (Å²) in [5.74, 6) is 0. The van der Waals surface area contributed by atoms with Crippen LogP contribution in [0.5, 0.6) is 0 Å². The lowest BCUT2D eigenvalue weighted by atomic mass is 9.88. The minimum atomic E-state index is 0.292. The van der Waals surface area contributed by atoms with Crippen LogP contribution in [0.4, 0.5) is 0 Å². The monoisotopic (exact) mass is 200 g/mol. The van der Waals surface area contributed by atoms with Crippen LogP contribution in [-0.4, -0.2) is 13.2 Å². The number of ether oxygens (including phenoxy) is 1. The molecular formula is C13H28O. The van der Waals surface area contributed by atoms with E-state index in [9.17, 15) is 0 Å². The van der Waals surface area contributed by atoms with Crippen molar-refractivity contribution in [3.8, 4) is 0 Å². The van der Waals surface area contributed by atoms with Crippen LogP contribution in [0.1, 0.15) is 60.8 Å². The molecule has 0 aliphatic rings. The molecular weight excluding hydrogens is 172 g/mol. The number of hydrogen-bond acceptors (Lipinski definition) is 1. The molecule has 0 radical (unpaired) electrons. The van der Waals surface area contributed by atoms with Crippen molar-refractivity contribution in [2.45, 2.75) is 60.8 Å². The van der Waals surface area contributed by atoms with Crippen molar-refractivity contribution in [3.63, 3.8) is 0 Å². The van der Waals surface area contributed by atoms with E-state index >= 15 is 0 Å². The Bertz CT molecular complexity index is 142. The van der Waals surface area contributed by atoms with Crippen LogP contribution < -0.4 is 0 Å². The van der Waals surface area contributed by atoms with Crippen LogP contribution in [0.25, 0.3) is 0 Å². The Balaban J connectivity index is 3.65. The molecule has 86 valence electrons. The van der Waals surface area contributed by atoms with Crippen LogP contribution >= 0.6 is 0 Å². The topological polar surface area (TPSA) is 9.23 Å². The fourth-order valence-corrected chi connectivity index (χ4v) is 1.36. The summed E-state index contributed by atoms with van der Waals surface area (Å²) in [5.41, 5.74) is 0.641. The third-order valence-electron chi connectivity index (χ3n) is 2.23. The van der Waals surface area contributed by atoms with E-state index < -0.39 is 0 Å². The van der Waals surface area contributed by atoms with Gasteiger partial charge in [-0.05, 0) is 17.3 Å². The Kier molecular flexibility index (Phi) is 5.73. The normalized spacial score (nSPS) is 13.3. The average Bonchev–Trinajstić information content (AvgIpc) is 1.98. The van der Waals surface area contributed by atoms with Crippen molar-refractivity contribution in [2.24, 2.45) is 10.8 Å². The van der Waals surface area contributed by atoms with Crippen molar-refractivity contribution in [2.75, 3.05) is 13.2 Å². The van der Waals surface area contributed by atoms with Crippen LogP contribution in [0.15, 0.2) is 0 Å². The second-order valence-electron chi connectivity index (χ2n) is 6.32. The molecule has 0 spiro atoms. The van der Waals surface area contributed by atoms with Crippen LogP contribution in [0, 0.1) is 10.8 Å². The highest BCUT2D eigenvalue weighted by Crippen LogP contribution is 2.24. The Morgan fingerprint density at radius 1 is 0.929 bits per heavy atom. The van der Waals surface area contributed by atoms with Crippen molar-refractivity contribution >= 4 is 0 Å². The first-order valence-corrected chi connectivity index (χ1v) is 5.85. The highest BCUT2D eigenvalue weighted by Gasteiger charge is 2.19. The zero-order chi connectivity index (χ0) is 11.2. The molecule has 0 atom stereocenters. The SMILES string of the molecule is CCCCC(C)(C)COCC(C)(C)C. The van der Waals surface area contributed by atoms with Gasteiger partial charge in [-0.1, -0.05) is 54.4 Å². The first-order valence-electron chi connectivity index (χ1n) is 5.85. The molecule has 0 fully saturated rings. The van der Waals surface area contributed by atoms with Gasteiger partial charge in [0.2, 0.25) is 0 Å². The fourth-order valence-electron chi connectivity index (χ4n) is 1.36. The van der Waals surface area contributed by atoms with Gasteiger partial charge in [-0.3, -0.25) is 0 Å². The molecule has 0 heterocycles. The largest absolute Gasteiger partial charge is 0.380 e. The van der Waals surface area contributed by atoms with Crippen LogP contribution in [-0.2, 0) is 4.74 Å².